The molecule has 0 spiro atoms. The molecule has 1 aliphatic heterocycles. The molecule has 2 fully saturated rings. The lowest BCUT2D eigenvalue weighted by Crippen LogP contribution is -2.35. The van der Waals surface area contributed by atoms with Crippen LogP contribution in [0.25, 0.3) is 0 Å². The van der Waals surface area contributed by atoms with E-state index in [0.29, 0.717) is 12.6 Å². The van der Waals surface area contributed by atoms with Crippen LogP contribution in [0.15, 0.2) is 6.07 Å². The summed E-state index contributed by atoms with van der Waals surface area (Å²) in [6.45, 7) is 2.42. The second kappa shape index (κ2) is 5.77. The van der Waals surface area contributed by atoms with Crippen LogP contribution in [0, 0.1) is 6.92 Å². The van der Waals surface area contributed by atoms with Crippen molar-refractivity contribution in [1.82, 2.24) is 20.0 Å². The monoisotopic (exact) mass is 292 g/mol. The number of nitrogens with one attached hydrogen (secondary N) is 1. The minimum absolute atomic E-state index is 0.0289. The average molecular weight is 292 g/mol. The van der Waals surface area contributed by atoms with E-state index in [1.54, 1.807) is 7.11 Å². The van der Waals surface area contributed by atoms with Crippen molar-refractivity contribution >= 4 is 5.91 Å². The van der Waals surface area contributed by atoms with Crippen LogP contribution in [0.1, 0.15) is 49.3 Å². The molecule has 1 amide bonds. The van der Waals surface area contributed by atoms with E-state index in [9.17, 15) is 4.79 Å². The van der Waals surface area contributed by atoms with Gasteiger partial charge in [0.1, 0.15) is 12.2 Å². The maximum Gasteiger partial charge on any atom is 0.241 e. The van der Waals surface area contributed by atoms with Crippen molar-refractivity contribution in [2.75, 3.05) is 20.8 Å². The van der Waals surface area contributed by atoms with E-state index in [1.165, 1.54) is 25.7 Å². The van der Waals surface area contributed by atoms with Gasteiger partial charge in [-0.3, -0.25) is 14.4 Å². The zero-order valence-electron chi connectivity index (χ0n) is 13.0. The summed E-state index contributed by atoms with van der Waals surface area (Å²) in [5, 5.41) is 7.75. The van der Waals surface area contributed by atoms with Crippen molar-refractivity contribution in [2.24, 2.45) is 0 Å². The molecule has 1 N–H and O–H groups in total. The first kappa shape index (κ1) is 14.5. The highest BCUT2D eigenvalue weighted by molar-refractivity contribution is 5.84. The number of nitrogens with zero attached hydrogens (tertiary/aromatic N) is 3. The van der Waals surface area contributed by atoms with Crippen molar-refractivity contribution in [3.8, 4) is 0 Å². The van der Waals surface area contributed by atoms with Crippen LogP contribution in [-0.2, 0) is 9.53 Å². The SMILES string of the molecule is COC[C@H]1C(=O)NC(c2cc(C)nn2C2CCCC2)N1C. The zero-order valence-corrected chi connectivity index (χ0v) is 13.0. The van der Waals surface area contributed by atoms with Gasteiger partial charge in [0.15, 0.2) is 0 Å². The van der Waals surface area contributed by atoms with E-state index in [-0.39, 0.29) is 18.1 Å². The third kappa shape index (κ3) is 2.58. The molecule has 1 aromatic heterocycles. The lowest BCUT2D eigenvalue weighted by molar-refractivity contribution is -0.122. The van der Waals surface area contributed by atoms with Crippen molar-refractivity contribution in [2.45, 2.75) is 50.9 Å². The second-order valence-corrected chi connectivity index (χ2v) is 6.14. The summed E-state index contributed by atoms with van der Waals surface area (Å²) >= 11 is 0. The fourth-order valence-corrected chi connectivity index (χ4v) is 3.51. The lowest BCUT2D eigenvalue weighted by Gasteiger charge is -2.25. The maximum atomic E-state index is 12.1. The second-order valence-electron chi connectivity index (χ2n) is 6.14. The molecule has 1 saturated heterocycles. The van der Waals surface area contributed by atoms with E-state index in [0.717, 1.165) is 11.4 Å². The Morgan fingerprint density at radius 3 is 2.81 bits per heavy atom. The molecule has 0 aromatic carbocycles. The minimum Gasteiger partial charge on any atom is -0.383 e. The molecule has 2 aliphatic rings. The van der Waals surface area contributed by atoms with Crippen LogP contribution in [0.4, 0.5) is 0 Å². The van der Waals surface area contributed by atoms with Gasteiger partial charge in [0.2, 0.25) is 5.91 Å². The van der Waals surface area contributed by atoms with E-state index in [2.05, 4.69) is 21.2 Å². The molecule has 1 aliphatic carbocycles. The molecule has 6 heteroatoms. The Labute approximate surface area is 125 Å². The van der Waals surface area contributed by atoms with Gasteiger partial charge in [-0.05, 0) is 32.9 Å². The summed E-state index contributed by atoms with van der Waals surface area (Å²) < 4.78 is 7.30. The molecular formula is C15H24N4O2. The number of hydrogen-bond donors (Lipinski definition) is 1. The Balaban J connectivity index is 1.88. The van der Waals surface area contributed by atoms with Gasteiger partial charge in [-0.2, -0.15) is 5.10 Å². The van der Waals surface area contributed by atoms with Crippen LogP contribution in [0.3, 0.4) is 0 Å². The third-order valence-electron chi connectivity index (χ3n) is 4.64. The third-order valence-corrected chi connectivity index (χ3v) is 4.64. The van der Waals surface area contributed by atoms with E-state index in [1.807, 2.05) is 18.9 Å². The summed E-state index contributed by atoms with van der Waals surface area (Å²) in [4.78, 5) is 14.2. The summed E-state index contributed by atoms with van der Waals surface area (Å²) in [7, 11) is 3.59. The fourth-order valence-electron chi connectivity index (χ4n) is 3.51. The predicted molar refractivity (Wildman–Crippen MR) is 78.8 cm³/mol. The largest absolute Gasteiger partial charge is 0.383 e. The Kier molecular flexibility index (Phi) is 3.99. The van der Waals surface area contributed by atoms with Gasteiger partial charge in [0, 0.05) is 7.11 Å². The highest BCUT2D eigenvalue weighted by Crippen LogP contribution is 2.34. The summed E-state index contributed by atoms with van der Waals surface area (Å²) in [6.07, 6.45) is 4.78. The smallest absolute Gasteiger partial charge is 0.241 e. The summed E-state index contributed by atoms with van der Waals surface area (Å²) in [5.41, 5.74) is 2.10. The van der Waals surface area contributed by atoms with E-state index < -0.39 is 0 Å². The standard InChI is InChI=1S/C15H24N4O2/c1-10-8-12(19(17-10)11-6-4-5-7-11)14-16-15(20)13(9-21-3)18(14)2/h8,11,13-14H,4-7,9H2,1-3H3,(H,16,20)/t13-,14?/m0/s1. The predicted octanol–water partition coefficient (Wildman–Crippen LogP) is 1.38. The number of carbonyl (C=O) groups excluding carboxylic acids is 1. The van der Waals surface area contributed by atoms with Crippen molar-refractivity contribution in [1.29, 1.82) is 0 Å². The lowest BCUT2D eigenvalue weighted by atomic mass is 10.2. The van der Waals surface area contributed by atoms with E-state index >= 15 is 0 Å². The quantitative estimate of drug-likeness (QED) is 0.911. The first-order valence-corrected chi connectivity index (χ1v) is 7.69. The van der Waals surface area contributed by atoms with Gasteiger partial charge in [-0.25, -0.2) is 0 Å². The Hall–Kier alpha value is -1.40. The average Bonchev–Trinajstić information content (AvgIpc) is 3.14. The van der Waals surface area contributed by atoms with Gasteiger partial charge >= 0.3 is 0 Å². The summed E-state index contributed by atoms with van der Waals surface area (Å²) in [5.74, 6) is 0.0289. The van der Waals surface area contributed by atoms with Gasteiger partial charge in [-0.1, -0.05) is 12.8 Å². The number of methoxy groups -OCH3 is 1. The van der Waals surface area contributed by atoms with Crippen LogP contribution in [0.5, 0.6) is 0 Å². The molecular weight excluding hydrogens is 268 g/mol. The first-order valence-electron chi connectivity index (χ1n) is 7.69. The van der Waals surface area contributed by atoms with Gasteiger partial charge < -0.3 is 10.1 Å². The Morgan fingerprint density at radius 1 is 1.43 bits per heavy atom. The Bertz CT molecular complexity index is 522. The normalized spacial score (nSPS) is 27.5. The number of aryl methyl sites for hydroxylation is 1. The highest BCUT2D eigenvalue weighted by atomic mass is 16.5. The van der Waals surface area contributed by atoms with Gasteiger partial charge in [0.25, 0.3) is 0 Å². The minimum atomic E-state index is -0.229. The van der Waals surface area contributed by atoms with Crippen LogP contribution < -0.4 is 5.32 Å². The molecule has 0 radical (unpaired) electrons. The number of carbonyl (C=O) groups is 1. The highest BCUT2D eigenvalue weighted by Gasteiger charge is 2.40. The van der Waals surface area contributed by atoms with Crippen molar-refractivity contribution in [3.05, 3.63) is 17.5 Å². The molecule has 6 nitrogen and oxygen atoms in total. The maximum absolute atomic E-state index is 12.1. The molecule has 21 heavy (non-hydrogen) atoms. The van der Waals surface area contributed by atoms with Crippen LogP contribution >= 0.6 is 0 Å². The fraction of sp³-hybridized carbons (Fsp3) is 0.733. The number of hydrogen-bond acceptors (Lipinski definition) is 4. The Morgan fingerprint density at radius 2 is 2.14 bits per heavy atom. The molecule has 1 aromatic rings. The molecule has 116 valence electrons. The summed E-state index contributed by atoms with van der Waals surface area (Å²) in [6, 6.07) is 2.34. The van der Waals surface area contributed by atoms with Crippen LogP contribution in [0.2, 0.25) is 0 Å². The number of ether oxygens (including phenoxy) is 1. The number of aromatic nitrogens is 2. The molecule has 3 rings (SSSR count). The number of rotatable bonds is 4. The van der Waals surface area contributed by atoms with Crippen molar-refractivity contribution < 1.29 is 9.53 Å². The number of likely N-dealkylation sites (N-methyl/N-ethyl adjacent to an activating group) is 1. The molecule has 1 unspecified atom stereocenters. The van der Waals surface area contributed by atoms with Crippen molar-refractivity contribution in [3.63, 3.8) is 0 Å². The van der Waals surface area contributed by atoms with E-state index in [4.69, 9.17) is 4.74 Å². The zero-order chi connectivity index (χ0) is 15.0. The van der Waals surface area contributed by atoms with Gasteiger partial charge in [-0.15, -0.1) is 0 Å². The molecule has 2 heterocycles. The van der Waals surface area contributed by atoms with Crippen LogP contribution in [-0.4, -0.2) is 47.4 Å². The molecule has 2 atom stereocenters. The topological polar surface area (TPSA) is 59.4 Å². The first-order chi connectivity index (χ1) is 10.1. The number of amides is 1. The molecule has 1 saturated carbocycles. The van der Waals surface area contributed by atoms with Gasteiger partial charge in [0.05, 0.1) is 24.0 Å². The molecule has 0 bridgehead atoms.